The van der Waals surface area contributed by atoms with E-state index < -0.39 is 6.04 Å². The summed E-state index contributed by atoms with van der Waals surface area (Å²) in [6.07, 6.45) is 6.55. The van der Waals surface area contributed by atoms with E-state index in [2.05, 4.69) is 5.32 Å². The van der Waals surface area contributed by atoms with E-state index in [0.717, 1.165) is 18.4 Å². The molecule has 1 fully saturated rings. The largest absolute Gasteiger partial charge is 0.352 e. The number of hydrogen-bond donors (Lipinski definition) is 2. The Labute approximate surface area is 121 Å². The van der Waals surface area contributed by atoms with Crippen LogP contribution in [0.3, 0.4) is 0 Å². The molecule has 0 aromatic heterocycles. The van der Waals surface area contributed by atoms with Gasteiger partial charge in [0.25, 0.3) is 0 Å². The van der Waals surface area contributed by atoms with Crippen LogP contribution in [-0.4, -0.2) is 18.0 Å². The number of carbonyl (C=O) groups is 1. The van der Waals surface area contributed by atoms with Crippen LogP contribution in [0.15, 0.2) is 30.3 Å². The molecular formula is C15H23ClN2O. The standard InChI is InChI=1S/C15H22N2O.ClH/c16-14(11-12-7-3-1-4-8-12)15(18)17-13-9-5-2-6-10-13;/h1,3-4,7-8,13-14H,2,5-6,9-11,16H2,(H,17,18);1H/t14-;/m0./s1. The number of hydrogen-bond acceptors (Lipinski definition) is 2. The third-order valence-electron chi connectivity index (χ3n) is 3.59. The maximum absolute atomic E-state index is 12.0. The first-order valence-electron chi connectivity index (χ1n) is 6.85. The van der Waals surface area contributed by atoms with Crippen molar-refractivity contribution >= 4 is 18.3 Å². The van der Waals surface area contributed by atoms with E-state index >= 15 is 0 Å². The van der Waals surface area contributed by atoms with Gasteiger partial charge in [0.2, 0.25) is 5.91 Å². The van der Waals surface area contributed by atoms with Gasteiger partial charge in [0.1, 0.15) is 0 Å². The Morgan fingerprint density at radius 3 is 2.47 bits per heavy atom. The predicted octanol–water partition coefficient (Wildman–Crippen LogP) is 2.43. The lowest BCUT2D eigenvalue weighted by molar-refractivity contribution is -0.123. The van der Waals surface area contributed by atoms with E-state index in [9.17, 15) is 4.79 Å². The molecule has 0 radical (unpaired) electrons. The van der Waals surface area contributed by atoms with Crippen molar-refractivity contribution in [1.29, 1.82) is 0 Å². The Morgan fingerprint density at radius 2 is 1.84 bits per heavy atom. The number of rotatable bonds is 4. The molecule has 0 saturated heterocycles. The highest BCUT2D eigenvalue weighted by Gasteiger charge is 2.19. The molecule has 19 heavy (non-hydrogen) atoms. The molecule has 0 aliphatic heterocycles. The van der Waals surface area contributed by atoms with Gasteiger partial charge in [-0.2, -0.15) is 0 Å². The van der Waals surface area contributed by atoms with Crippen molar-refractivity contribution in [2.75, 3.05) is 0 Å². The van der Waals surface area contributed by atoms with Gasteiger partial charge in [-0.3, -0.25) is 4.79 Å². The molecule has 1 aliphatic rings. The second-order valence-corrected chi connectivity index (χ2v) is 5.14. The quantitative estimate of drug-likeness (QED) is 0.891. The molecule has 3 nitrogen and oxygen atoms in total. The van der Waals surface area contributed by atoms with Crippen molar-refractivity contribution in [3.05, 3.63) is 35.9 Å². The van der Waals surface area contributed by atoms with E-state index in [4.69, 9.17) is 5.73 Å². The van der Waals surface area contributed by atoms with Gasteiger partial charge in [-0.05, 0) is 24.8 Å². The zero-order valence-electron chi connectivity index (χ0n) is 11.2. The van der Waals surface area contributed by atoms with Crippen molar-refractivity contribution in [3.63, 3.8) is 0 Å². The van der Waals surface area contributed by atoms with Gasteiger partial charge in [0.15, 0.2) is 0 Å². The molecule has 0 spiro atoms. The summed E-state index contributed by atoms with van der Waals surface area (Å²) in [6, 6.07) is 9.84. The SMILES string of the molecule is Cl.N[C@@H](Cc1ccccc1)C(=O)NC1CCCCC1. The smallest absolute Gasteiger partial charge is 0.237 e. The van der Waals surface area contributed by atoms with Crippen LogP contribution < -0.4 is 11.1 Å². The molecule has 106 valence electrons. The molecule has 1 saturated carbocycles. The van der Waals surface area contributed by atoms with Crippen molar-refractivity contribution in [3.8, 4) is 0 Å². The first kappa shape index (κ1) is 16.0. The highest BCUT2D eigenvalue weighted by Crippen LogP contribution is 2.17. The molecule has 0 heterocycles. The van der Waals surface area contributed by atoms with Crippen LogP contribution in [-0.2, 0) is 11.2 Å². The van der Waals surface area contributed by atoms with Gasteiger partial charge in [-0.25, -0.2) is 0 Å². The summed E-state index contributed by atoms with van der Waals surface area (Å²) in [4.78, 5) is 12.0. The average Bonchev–Trinajstić information content (AvgIpc) is 2.41. The highest BCUT2D eigenvalue weighted by atomic mass is 35.5. The van der Waals surface area contributed by atoms with Crippen LogP contribution in [0, 0.1) is 0 Å². The number of nitrogens with one attached hydrogen (secondary N) is 1. The van der Waals surface area contributed by atoms with Crippen LogP contribution in [0.5, 0.6) is 0 Å². The molecule has 1 amide bonds. The van der Waals surface area contributed by atoms with Gasteiger partial charge in [0, 0.05) is 6.04 Å². The Bertz CT molecular complexity index is 377. The molecule has 0 unspecified atom stereocenters. The van der Waals surface area contributed by atoms with Crippen molar-refractivity contribution in [2.24, 2.45) is 5.73 Å². The fourth-order valence-corrected chi connectivity index (χ4v) is 2.52. The van der Waals surface area contributed by atoms with Gasteiger partial charge >= 0.3 is 0 Å². The summed E-state index contributed by atoms with van der Waals surface area (Å²) < 4.78 is 0. The minimum atomic E-state index is -0.436. The Kier molecular flexibility index (Phi) is 6.89. The number of halogens is 1. The summed E-state index contributed by atoms with van der Waals surface area (Å²) >= 11 is 0. The van der Waals surface area contributed by atoms with Crippen LogP contribution in [0.1, 0.15) is 37.7 Å². The first-order chi connectivity index (χ1) is 8.75. The predicted molar refractivity (Wildman–Crippen MR) is 80.4 cm³/mol. The average molecular weight is 283 g/mol. The normalized spacial score (nSPS) is 17.3. The Hall–Kier alpha value is -1.06. The van der Waals surface area contributed by atoms with Gasteiger partial charge in [-0.15, -0.1) is 12.4 Å². The van der Waals surface area contributed by atoms with E-state index in [1.807, 2.05) is 30.3 Å². The summed E-state index contributed by atoms with van der Waals surface area (Å²) in [7, 11) is 0. The maximum atomic E-state index is 12.0. The summed E-state index contributed by atoms with van der Waals surface area (Å²) in [5, 5.41) is 3.07. The number of nitrogens with two attached hydrogens (primary N) is 1. The topological polar surface area (TPSA) is 55.1 Å². The lowest BCUT2D eigenvalue weighted by Gasteiger charge is -2.24. The monoisotopic (exact) mass is 282 g/mol. The zero-order valence-corrected chi connectivity index (χ0v) is 12.0. The molecule has 1 aromatic rings. The highest BCUT2D eigenvalue weighted by molar-refractivity contribution is 5.85. The second-order valence-electron chi connectivity index (χ2n) is 5.14. The molecule has 1 atom stereocenters. The molecule has 0 bridgehead atoms. The van der Waals surface area contributed by atoms with Crippen molar-refractivity contribution in [1.82, 2.24) is 5.32 Å². The Morgan fingerprint density at radius 1 is 1.21 bits per heavy atom. The number of carbonyl (C=O) groups excluding carboxylic acids is 1. The molecular weight excluding hydrogens is 260 g/mol. The van der Waals surface area contributed by atoms with Crippen molar-refractivity contribution < 1.29 is 4.79 Å². The van der Waals surface area contributed by atoms with Gasteiger partial charge < -0.3 is 11.1 Å². The zero-order chi connectivity index (χ0) is 12.8. The minimum absolute atomic E-state index is 0. The third-order valence-corrected chi connectivity index (χ3v) is 3.59. The van der Waals surface area contributed by atoms with Crippen molar-refractivity contribution in [2.45, 2.75) is 50.6 Å². The number of benzene rings is 1. The van der Waals surface area contributed by atoms with Gasteiger partial charge in [-0.1, -0.05) is 49.6 Å². The molecule has 2 rings (SSSR count). The summed E-state index contributed by atoms with van der Waals surface area (Å²) in [6.45, 7) is 0. The maximum Gasteiger partial charge on any atom is 0.237 e. The van der Waals surface area contributed by atoms with E-state index in [-0.39, 0.29) is 18.3 Å². The summed E-state index contributed by atoms with van der Waals surface area (Å²) in [5.41, 5.74) is 7.07. The fourth-order valence-electron chi connectivity index (χ4n) is 2.52. The molecule has 4 heteroatoms. The summed E-state index contributed by atoms with van der Waals surface area (Å²) in [5.74, 6) is -0.00856. The first-order valence-corrected chi connectivity index (χ1v) is 6.85. The third kappa shape index (κ3) is 5.21. The van der Waals surface area contributed by atoms with Crippen LogP contribution in [0.2, 0.25) is 0 Å². The Balaban J connectivity index is 0.00000180. The molecule has 1 aliphatic carbocycles. The van der Waals surface area contributed by atoms with E-state index in [1.54, 1.807) is 0 Å². The second kappa shape index (κ2) is 8.18. The number of amides is 1. The van der Waals surface area contributed by atoms with E-state index in [0.29, 0.717) is 12.5 Å². The van der Waals surface area contributed by atoms with Crippen LogP contribution in [0.4, 0.5) is 0 Å². The lowest BCUT2D eigenvalue weighted by Crippen LogP contribution is -2.46. The van der Waals surface area contributed by atoms with Crippen LogP contribution in [0.25, 0.3) is 0 Å². The molecule has 3 N–H and O–H groups in total. The van der Waals surface area contributed by atoms with E-state index in [1.165, 1.54) is 19.3 Å². The minimum Gasteiger partial charge on any atom is -0.352 e. The molecule has 1 aromatic carbocycles. The lowest BCUT2D eigenvalue weighted by atomic mass is 9.95. The fraction of sp³-hybridized carbons (Fsp3) is 0.533. The van der Waals surface area contributed by atoms with Crippen LogP contribution >= 0.6 is 12.4 Å². The van der Waals surface area contributed by atoms with Gasteiger partial charge in [0.05, 0.1) is 6.04 Å².